The number of carbonyl (C=O) groups is 1. The second-order valence-corrected chi connectivity index (χ2v) is 8.80. The van der Waals surface area contributed by atoms with Crippen molar-refractivity contribution in [1.82, 2.24) is 14.9 Å². The molecule has 1 aliphatic heterocycles. The molecule has 4 N–H and O–H groups in total. The van der Waals surface area contributed by atoms with E-state index in [-0.39, 0.29) is 35.1 Å². The SMILES string of the molecule is C[C@H](Sc1nc(N)cc(N)n1)C(=O)N(C)[C@H]1CCS(=O)(=O)C1. The van der Waals surface area contributed by atoms with E-state index in [2.05, 4.69) is 9.97 Å². The number of hydrogen-bond acceptors (Lipinski definition) is 8. The largest absolute Gasteiger partial charge is 0.383 e. The van der Waals surface area contributed by atoms with Gasteiger partial charge in [-0.25, -0.2) is 18.4 Å². The summed E-state index contributed by atoms with van der Waals surface area (Å²) in [5.41, 5.74) is 11.2. The third kappa shape index (κ3) is 4.01. The number of anilines is 2. The molecule has 0 spiro atoms. The van der Waals surface area contributed by atoms with E-state index in [1.807, 2.05) is 0 Å². The van der Waals surface area contributed by atoms with E-state index < -0.39 is 15.1 Å². The highest BCUT2D eigenvalue weighted by Gasteiger charge is 2.34. The van der Waals surface area contributed by atoms with E-state index in [1.54, 1.807) is 14.0 Å². The zero-order valence-electron chi connectivity index (χ0n) is 12.4. The van der Waals surface area contributed by atoms with Gasteiger partial charge in [0.25, 0.3) is 0 Å². The summed E-state index contributed by atoms with van der Waals surface area (Å²) in [5.74, 6) is 0.464. The first-order valence-electron chi connectivity index (χ1n) is 6.72. The van der Waals surface area contributed by atoms with Crippen LogP contribution >= 0.6 is 11.8 Å². The van der Waals surface area contributed by atoms with Crippen molar-refractivity contribution in [3.8, 4) is 0 Å². The zero-order valence-corrected chi connectivity index (χ0v) is 14.0. The van der Waals surface area contributed by atoms with Gasteiger partial charge in [0, 0.05) is 19.2 Å². The number of thioether (sulfide) groups is 1. The summed E-state index contributed by atoms with van der Waals surface area (Å²) in [6.07, 6.45) is 0.476. The van der Waals surface area contributed by atoms with Crippen molar-refractivity contribution in [3.63, 3.8) is 0 Å². The molecular weight excluding hydrogens is 326 g/mol. The van der Waals surface area contributed by atoms with E-state index >= 15 is 0 Å². The number of sulfone groups is 1. The highest BCUT2D eigenvalue weighted by Crippen LogP contribution is 2.25. The van der Waals surface area contributed by atoms with Gasteiger partial charge >= 0.3 is 0 Å². The number of amides is 1. The van der Waals surface area contributed by atoms with Gasteiger partial charge in [-0.05, 0) is 13.3 Å². The Kier molecular flexibility index (Phi) is 4.81. The van der Waals surface area contributed by atoms with Crippen LogP contribution in [0.2, 0.25) is 0 Å². The minimum Gasteiger partial charge on any atom is -0.383 e. The molecule has 1 aliphatic rings. The van der Waals surface area contributed by atoms with Crippen LogP contribution in [-0.2, 0) is 14.6 Å². The Morgan fingerprint density at radius 3 is 2.50 bits per heavy atom. The van der Waals surface area contributed by atoms with Gasteiger partial charge in [0.1, 0.15) is 11.6 Å². The van der Waals surface area contributed by atoms with Crippen LogP contribution in [0.5, 0.6) is 0 Å². The maximum absolute atomic E-state index is 12.4. The molecule has 1 aromatic heterocycles. The monoisotopic (exact) mass is 345 g/mol. The normalized spacial score (nSPS) is 21.5. The van der Waals surface area contributed by atoms with Crippen molar-refractivity contribution in [1.29, 1.82) is 0 Å². The first-order valence-corrected chi connectivity index (χ1v) is 9.42. The molecule has 0 unspecified atom stereocenters. The van der Waals surface area contributed by atoms with E-state index in [1.165, 1.54) is 11.0 Å². The fraction of sp³-hybridized carbons (Fsp3) is 0.583. The van der Waals surface area contributed by atoms with Crippen LogP contribution in [0.4, 0.5) is 11.6 Å². The molecule has 0 saturated carbocycles. The van der Waals surface area contributed by atoms with E-state index in [0.29, 0.717) is 11.6 Å². The molecule has 122 valence electrons. The van der Waals surface area contributed by atoms with Crippen molar-refractivity contribution in [2.24, 2.45) is 0 Å². The lowest BCUT2D eigenvalue weighted by atomic mass is 10.2. The van der Waals surface area contributed by atoms with E-state index in [0.717, 1.165) is 11.8 Å². The molecule has 2 heterocycles. The lowest BCUT2D eigenvalue weighted by Gasteiger charge is -2.26. The Balaban J connectivity index is 2.02. The second-order valence-electron chi connectivity index (χ2n) is 5.27. The standard InChI is InChI=1S/C12H19N5O3S2/c1-7(21-12-15-9(13)5-10(14)16-12)11(18)17(2)8-3-4-22(19,20)6-8/h5,7-8H,3-4,6H2,1-2H3,(H4,13,14,15,16)/t7-,8-/m0/s1. The molecule has 0 bridgehead atoms. The van der Waals surface area contributed by atoms with Gasteiger partial charge in [-0.2, -0.15) is 0 Å². The molecule has 10 heteroatoms. The summed E-state index contributed by atoms with van der Waals surface area (Å²) in [4.78, 5) is 21.9. The summed E-state index contributed by atoms with van der Waals surface area (Å²) in [6, 6.07) is 1.17. The molecule has 1 saturated heterocycles. The number of nitrogen functional groups attached to an aromatic ring is 2. The summed E-state index contributed by atoms with van der Waals surface area (Å²) in [5, 5.41) is -0.139. The highest BCUT2D eigenvalue weighted by molar-refractivity contribution is 8.00. The van der Waals surface area contributed by atoms with Crippen molar-refractivity contribution in [2.45, 2.75) is 29.8 Å². The van der Waals surface area contributed by atoms with Crippen LogP contribution in [0.3, 0.4) is 0 Å². The molecule has 1 aromatic rings. The molecule has 2 atom stereocenters. The number of nitrogens with two attached hydrogens (primary N) is 2. The van der Waals surface area contributed by atoms with Crippen molar-refractivity contribution >= 4 is 39.1 Å². The molecule has 22 heavy (non-hydrogen) atoms. The number of hydrogen-bond donors (Lipinski definition) is 2. The number of rotatable bonds is 4. The van der Waals surface area contributed by atoms with E-state index in [4.69, 9.17) is 11.5 Å². The second kappa shape index (κ2) is 6.29. The first-order chi connectivity index (χ1) is 10.2. The Bertz CT molecular complexity index is 659. The molecule has 1 amide bonds. The molecule has 1 fully saturated rings. The molecule has 0 aromatic carbocycles. The van der Waals surface area contributed by atoms with Crippen LogP contribution in [0.25, 0.3) is 0 Å². The Morgan fingerprint density at radius 1 is 1.41 bits per heavy atom. The summed E-state index contributed by atoms with van der Waals surface area (Å²) < 4.78 is 23.0. The fourth-order valence-corrected chi connectivity index (χ4v) is 4.94. The zero-order chi connectivity index (χ0) is 16.5. The third-order valence-electron chi connectivity index (χ3n) is 3.48. The number of nitrogens with zero attached hydrogens (tertiary/aromatic N) is 3. The maximum atomic E-state index is 12.4. The van der Waals surface area contributed by atoms with Crippen molar-refractivity contribution in [2.75, 3.05) is 30.0 Å². The molecule has 2 rings (SSSR count). The average molecular weight is 345 g/mol. The van der Waals surface area contributed by atoms with Gasteiger partial charge in [0.2, 0.25) is 5.91 Å². The maximum Gasteiger partial charge on any atom is 0.235 e. The molecule has 8 nitrogen and oxygen atoms in total. The van der Waals surface area contributed by atoms with Crippen LogP contribution in [0.15, 0.2) is 11.2 Å². The van der Waals surface area contributed by atoms with Gasteiger partial charge < -0.3 is 16.4 Å². The Morgan fingerprint density at radius 2 is 2.00 bits per heavy atom. The van der Waals surface area contributed by atoms with Crippen molar-refractivity contribution < 1.29 is 13.2 Å². The topological polar surface area (TPSA) is 132 Å². The number of aromatic nitrogens is 2. The lowest BCUT2D eigenvalue weighted by molar-refractivity contribution is -0.130. The molecular formula is C12H19N5O3S2. The van der Waals surface area contributed by atoms with Gasteiger partial charge in [0.15, 0.2) is 15.0 Å². The first kappa shape index (κ1) is 16.8. The number of carbonyl (C=O) groups excluding carboxylic acids is 1. The fourth-order valence-electron chi connectivity index (χ4n) is 2.27. The Labute approximate surface area is 133 Å². The van der Waals surface area contributed by atoms with Gasteiger partial charge in [-0.1, -0.05) is 11.8 Å². The van der Waals surface area contributed by atoms with Crippen LogP contribution < -0.4 is 11.5 Å². The predicted molar refractivity (Wildman–Crippen MR) is 86.0 cm³/mol. The molecule has 0 radical (unpaired) electrons. The average Bonchev–Trinajstić information content (AvgIpc) is 2.76. The van der Waals surface area contributed by atoms with Gasteiger partial charge in [-0.15, -0.1) is 0 Å². The van der Waals surface area contributed by atoms with Gasteiger partial charge in [0.05, 0.1) is 16.8 Å². The third-order valence-corrected chi connectivity index (χ3v) is 6.18. The lowest BCUT2D eigenvalue weighted by Crippen LogP contribution is -2.41. The predicted octanol–water partition coefficient (Wildman–Crippen LogP) is -0.233. The van der Waals surface area contributed by atoms with Crippen molar-refractivity contribution in [3.05, 3.63) is 6.07 Å². The van der Waals surface area contributed by atoms with Crippen LogP contribution in [0.1, 0.15) is 13.3 Å². The summed E-state index contributed by atoms with van der Waals surface area (Å²) >= 11 is 1.14. The smallest absolute Gasteiger partial charge is 0.235 e. The van der Waals surface area contributed by atoms with Gasteiger partial charge in [-0.3, -0.25) is 4.79 Å². The Hall–Kier alpha value is -1.55. The minimum absolute atomic E-state index is 0.0222. The minimum atomic E-state index is -3.03. The summed E-state index contributed by atoms with van der Waals surface area (Å²) in [6.45, 7) is 1.72. The van der Waals surface area contributed by atoms with Crippen LogP contribution in [0, 0.1) is 0 Å². The van der Waals surface area contributed by atoms with Crippen LogP contribution in [-0.4, -0.2) is 59.0 Å². The quantitative estimate of drug-likeness (QED) is 0.565. The highest BCUT2D eigenvalue weighted by atomic mass is 32.2. The molecule has 0 aliphatic carbocycles. The summed E-state index contributed by atoms with van der Waals surface area (Å²) in [7, 11) is -1.40. The van der Waals surface area contributed by atoms with E-state index in [9.17, 15) is 13.2 Å².